The minimum atomic E-state index is -0.276. The van der Waals surface area contributed by atoms with Crippen molar-refractivity contribution < 1.29 is 4.39 Å². The zero-order valence-electron chi connectivity index (χ0n) is 10.8. The molecule has 0 radical (unpaired) electrons. The van der Waals surface area contributed by atoms with Crippen molar-refractivity contribution >= 4 is 16.7 Å². The quantitative estimate of drug-likeness (QED) is 0.678. The molecule has 96 valence electrons. The SMILES string of the molecule is Cc1ccc(N)cc1-c1nc2cc(F)ccc2n1C. The number of rotatable bonds is 1. The van der Waals surface area contributed by atoms with Crippen LogP contribution in [-0.4, -0.2) is 9.55 Å². The maximum absolute atomic E-state index is 13.3. The van der Waals surface area contributed by atoms with Crippen LogP contribution in [0.4, 0.5) is 10.1 Å². The number of benzene rings is 2. The van der Waals surface area contributed by atoms with Gasteiger partial charge in [-0.2, -0.15) is 0 Å². The third-order valence-corrected chi connectivity index (χ3v) is 3.35. The minimum Gasteiger partial charge on any atom is -0.399 e. The lowest BCUT2D eigenvalue weighted by Gasteiger charge is -2.07. The summed E-state index contributed by atoms with van der Waals surface area (Å²) in [5.74, 6) is 0.520. The summed E-state index contributed by atoms with van der Waals surface area (Å²) in [6.07, 6.45) is 0. The van der Waals surface area contributed by atoms with E-state index in [0.29, 0.717) is 11.2 Å². The van der Waals surface area contributed by atoms with Gasteiger partial charge in [-0.1, -0.05) is 6.07 Å². The van der Waals surface area contributed by atoms with Crippen molar-refractivity contribution in [2.75, 3.05) is 5.73 Å². The standard InChI is InChI=1S/C15H14FN3/c1-9-3-5-11(17)8-12(9)15-18-13-7-10(16)4-6-14(13)19(15)2/h3-8H,17H2,1-2H3. The Bertz CT molecular complexity index is 774. The van der Waals surface area contributed by atoms with Gasteiger partial charge in [-0.05, 0) is 36.8 Å². The Labute approximate surface area is 110 Å². The molecule has 0 fully saturated rings. The van der Waals surface area contributed by atoms with Crippen molar-refractivity contribution in [3.8, 4) is 11.4 Å². The Morgan fingerprint density at radius 2 is 1.95 bits per heavy atom. The van der Waals surface area contributed by atoms with Crippen LogP contribution >= 0.6 is 0 Å². The highest BCUT2D eigenvalue weighted by Gasteiger charge is 2.12. The molecule has 0 atom stereocenters. The van der Waals surface area contributed by atoms with Crippen LogP contribution in [0.15, 0.2) is 36.4 Å². The van der Waals surface area contributed by atoms with Gasteiger partial charge in [0.15, 0.2) is 0 Å². The van der Waals surface area contributed by atoms with Crippen molar-refractivity contribution in [1.29, 1.82) is 0 Å². The number of nitrogen functional groups attached to an aromatic ring is 1. The monoisotopic (exact) mass is 255 g/mol. The van der Waals surface area contributed by atoms with Gasteiger partial charge in [0.05, 0.1) is 11.0 Å². The first kappa shape index (κ1) is 11.7. The van der Waals surface area contributed by atoms with Crippen LogP contribution in [0.5, 0.6) is 0 Å². The molecule has 3 rings (SSSR count). The van der Waals surface area contributed by atoms with E-state index in [9.17, 15) is 4.39 Å². The summed E-state index contributed by atoms with van der Waals surface area (Å²) in [6, 6.07) is 10.3. The molecule has 0 saturated carbocycles. The van der Waals surface area contributed by atoms with Crippen LogP contribution in [-0.2, 0) is 7.05 Å². The van der Waals surface area contributed by atoms with Gasteiger partial charge in [0.2, 0.25) is 0 Å². The van der Waals surface area contributed by atoms with E-state index in [1.54, 1.807) is 6.07 Å². The average Bonchev–Trinajstić information content (AvgIpc) is 2.69. The maximum Gasteiger partial charge on any atom is 0.141 e. The van der Waals surface area contributed by atoms with Crippen LogP contribution in [0, 0.1) is 12.7 Å². The zero-order chi connectivity index (χ0) is 13.6. The number of hydrogen-bond acceptors (Lipinski definition) is 2. The molecule has 0 saturated heterocycles. The van der Waals surface area contributed by atoms with E-state index >= 15 is 0 Å². The highest BCUT2D eigenvalue weighted by atomic mass is 19.1. The number of nitrogens with zero attached hydrogens (tertiary/aromatic N) is 2. The number of aryl methyl sites for hydroxylation is 2. The van der Waals surface area contributed by atoms with E-state index in [1.165, 1.54) is 12.1 Å². The van der Waals surface area contributed by atoms with Crippen molar-refractivity contribution in [2.45, 2.75) is 6.92 Å². The van der Waals surface area contributed by atoms with Gasteiger partial charge in [-0.25, -0.2) is 9.37 Å². The largest absolute Gasteiger partial charge is 0.399 e. The molecule has 4 heteroatoms. The number of anilines is 1. The Kier molecular flexibility index (Phi) is 2.52. The maximum atomic E-state index is 13.3. The summed E-state index contributed by atoms with van der Waals surface area (Å²) in [6.45, 7) is 2.01. The predicted octanol–water partition coefficient (Wildman–Crippen LogP) is 3.27. The van der Waals surface area contributed by atoms with E-state index in [0.717, 1.165) is 22.5 Å². The van der Waals surface area contributed by atoms with Gasteiger partial charge in [-0.15, -0.1) is 0 Å². The molecule has 0 aliphatic rings. The summed E-state index contributed by atoms with van der Waals surface area (Å²) in [5, 5.41) is 0. The Morgan fingerprint density at radius 3 is 2.74 bits per heavy atom. The van der Waals surface area contributed by atoms with E-state index in [2.05, 4.69) is 4.98 Å². The second-order valence-electron chi connectivity index (χ2n) is 4.70. The fourth-order valence-electron chi connectivity index (χ4n) is 2.29. The van der Waals surface area contributed by atoms with Crippen LogP contribution in [0.25, 0.3) is 22.4 Å². The Balaban J connectivity index is 2.30. The summed E-state index contributed by atoms with van der Waals surface area (Å²) in [7, 11) is 1.92. The van der Waals surface area contributed by atoms with E-state index in [1.807, 2.05) is 36.7 Å². The average molecular weight is 255 g/mol. The number of halogens is 1. The molecule has 1 aromatic heterocycles. The highest BCUT2D eigenvalue weighted by molar-refractivity contribution is 5.81. The van der Waals surface area contributed by atoms with Crippen molar-refractivity contribution in [2.24, 2.45) is 7.05 Å². The molecule has 19 heavy (non-hydrogen) atoms. The molecule has 0 bridgehead atoms. The molecule has 3 aromatic rings. The number of fused-ring (bicyclic) bond motifs is 1. The van der Waals surface area contributed by atoms with Crippen LogP contribution < -0.4 is 5.73 Å². The van der Waals surface area contributed by atoms with Crippen molar-refractivity contribution in [3.63, 3.8) is 0 Å². The third kappa shape index (κ3) is 1.85. The van der Waals surface area contributed by atoms with E-state index in [-0.39, 0.29) is 5.82 Å². The molecule has 0 spiro atoms. The lowest BCUT2D eigenvalue weighted by Crippen LogP contribution is -1.96. The second kappa shape index (κ2) is 4.09. The lowest BCUT2D eigenvalue weighted by molar-refractivity contribution is 0.629. The summed E-state index contributed by atoms with van der Waals surface area (Å²) < 4.78 is 15.2. The molecule has 0 unspecified atom stereocenters. The lowest BCUT2D eigenvalue weighted by atomic mass is 10.1. The van der Waals surface area contributed by atoms with E-state index < -0.39 is 0 Å². The fourth-order valence-corrected chi connectivity index (χ4v) is 2.29. The highest BCUT2D eigenvalue weighted by Crippen LogP contribution is 2.28. The van der Waals surface area contributed by atoms with Crippen LogP contribution in [0.1, 0.15) is 5.56 Å². The summed E-state index contributed by atoms with van der Waals surface area (Å²) >= 11 is 0. The molecular formula is C15H14FN3. The molecule has 0 aliphatic carbocycles. The topological polar surface area (TPSA) is 43.8 Å². The Morgan fingerprint density at radius 1 is 1.16 bits per heavy atom. The molecule has 1 heterocycles. The second-order valence-corrected chi connectivity index (χ2v) is 4.70. The van der Waals surface area contributed by atoms with Crippen molar-refractivity contribution in [3.05, 3.63) is 47.8 Å². The van der Waals surface area contributed by atoms with Gasteiger partial charge in [0, 0.05) is 24.4 Å². The van der Waals surface area contributed by atoms with Gasteiger partial charge in [0.1, 0.15) is 11.6 Å². The zero-order valence-corrected chi connectivity index (χ0v) is 10.8. The number of hydrogen-bond donors (Lipinski definition) is 1. The van der Waals surface area contributed by atoms with Crippen molar-refractivity contribution in [1.82, 2.24) is 9.55 Å². The molecule has 2 N–H and O–H groups in total. The van der Waals surface area contributed by atoms with Crippen LogP contribution in [0.3, 0.4) is 0 Å². The smallest absolute Gasteiger partial charge is 0.141 e. The number of nitrogens with two attached hydrogens (primary N) is 1. The first-order valence-electron chi connectivity index (χ1n) is 6.05. The summed E-state index contributed by atoms with van der Waals surface area (Å²) in [4.78, 5) is 4.51. The molecule has 0 amide bonds. The normalized spacial score (nSPS) is 11.1. The van der Waals surface area contributed by atoms with Gasteiger partial charge in [0.25, 0.3) is 0 Å². The first-order valence-corrected chi connectivity index (χ1v) is 6.05. The van der Waals surface area contributed by atoms with Gasteiger partial charge < -0.3 is 10.3 Å². The number of aromatic nitrogens is 2. The number of imidazole rings is 1. The molecule has 3 nitrogen and oxygen atoms in total. The third-order valence-electron chi connectivity index (χ3n) is 3.35. The molecular weight excluding hydrogens is 241 g/mol. The first-order chi connectivity index (χ1) is 9.06. The van der Waals surface area contributed by atoms with Gasteiger partial charge >= 0.3 is 0 Å². The Hall–Kier alpha value is -2.36. The predicted molar refractivity (Wildman–Crippen MR) is 75.3 cm³/mol. The molecule has 0 aliphatic heterocycles. The molecule has 2 aromatic carbocycles. The summed E-state index contributed by atoms with van der Waals surface area (Å²) in [5.41, 5.74) is 10.1. The minimum absolute atomic E-state index is 0.276. The van der Waals surface area contributed by atoms with Crippen LogP contribution in [0.2, 0.25) is 0 Å². The van der Waals surface area contributed by atoms with Gasteiger partial charge in [-0.3, -0.25) is 0 Å². The van der Waals surface area contributed by atoms with E-state index in [4.69, 9.17) is 5.73 Å². The fraction of sp³-hybridized carbons (Fsp3) is 0.133.